The molecule has 0 saturated heterocycles. The van der Waals surface area contributed by atoms with Gasteiger partial charge in [0.15, 0.2) is 5.82 Å². The van der Waals surface area contributed by atoms with E-state index >= 15 is 0 Å². The first kappa shape index (κ1) is 14.1. The van der Waals surface area contributed by atoms with Crippen LogP contribution in [0.1, 0.15) is 48.9 Å². The standard InChI is InChI=1S/C16H21N3O2/c1-20-14-5-3-2-4-12(14)10-15-18-16(21-19-15)11-6-8-13(17)9-7-11/h2-5,11,13H,6-10,17H2,1H3. The molecule has 2 aromatic rings. The highest BCUT2D eigenvalue weighted by Crippen LogP contribution is 2.31. The van der Waals surface area contributed by atoms with Gasteiger partial charge in [-0.25, -0.2) is 0 Å². The Balaban J connectivity index is 1.70. The molecular weight excluding hydrogens is 266 g/mol. The van der Waals surface area contributed by atoms with Gasteiger partial charge in [-0.15, -0.1) is 0 Å². The van der Waals surface area contributed by atoms with Crippen LogP contribution < -0.4 is 10.5 Å². The third kappa shape index (κ3) is 3.24. The summed E-state index contributed by atoms with van der Waals surface area (Å²) in [5.74, 6) is 2.69. The second kappa shape index (κ2) is 6.26. The second-order valence-electron chi connectivity index (χ2n) is 5.65. The Morgan fingerprint density at radius 3 is 2.76 bits per heavy atom. The van der Waals surface area contributed by atoms with Crippen LogP contribution in [0.3, 0.4) is 0 Å². The molecule has 3 rings (SSSR count). The van der Waals surface area contributed by atoms with Crippen LogP contribution in [0.25, 0.3) is 0 Å². The number of ether oxygens (including phenoxy) is 1. The molecule has 1 aromatic heterocycles. The van der Waals surface area contributed by atoms with Crippen LogP contribution in [0.15, 0.2) is 28.8 Å². The van der Waals surface area contributed by atoms with Crippen molar-refractivity contribution >= 4 is 0 Å². The lowest BCUT2D eigenvalue weighted by molar-refractivity contribution is 0.300. The lowest BCUT2D eigenvalue weighted by Gasteiger charge is -2.22. The van der Waals surface area contributed by atoms with E-state index in [0.717, 1.165) is 42.9 Å². The number of benzene rings is 1. The van der Waals surface area contributed by atoms with Crippen LogP contribution >= 0.6 is 0 Å². The van der Waals surface area contributed by atoms with E-state index in [1.165, 1.54) is 0 Å². The molecule has 1 aromatic carbocycles. The zero-order chi connectivity index (χ0) is 14.7. The maximum Gasteiger partial charge on any atom is 0.229 e. The zero-order valence-corrected chi connectivity index (χ0v) is 12.3. The van der Waals surface area contributed by atoms with Gasteiger partial charge in [-0.05, 0) is 31.7 Å². The molecule has 1 aliphatic rings. The van der Waals surface area contributed by atoms with Crippen molar-refractivity contribution in [2.24, 2.45) is 5.73 Å². The molecule has 1 heterocycles. The Morgan fingerprint density at radius 1 is 1.24 bits per heavy atom. The number of para-hydroxylation sites is 1. The first-order chi connectivity index (χ1) is 10.3. The monoisotopic (exact) mass is 287 g/mol. The summed E-state index contributed by atoms with van der Waals surface area (Å²) in [6.45, 7) is 0. The summed E-state index contributed by atoms with van der Waals surface area (Å²) in [6.07, 6.45) is 4.78. The van der Waals surface area contributed by atoms with Crippen LogP contribution in [-0.4, -0.2) is 23.3 Å². The van der Waals surface area contributed by atoms with E-state index < -0.39 is 0 Å². The molecule has 0 atom stereocenters. The maximum atomic E-state index is 5.93. The molecule has 1 aliphatic carbocycles. The molecular formula is C16H21N3O2. The number of aromatic nitrogens is 2. The van der Waals surface area contributed by atoms with Crippen LogP contribution in [0.5, 0.6) is 5.75 Å². The zero-order valence-electron chi connectivity index (χ0n) is 12.3. The van der Waals surface area contributed by atoms with Gasteiger partial charge in [0.2, 0.25) is 5.89 Å². The van der Waals surface area contributed by atoms with E-state index in [1.807, 2.05) is 24.3 Å². The highest BCUT2D eigenvalue weighted by molar-refractivity contribution is 5.35. The van der Waals surface area contributed by atoms with E-state index in [4.69, 9.17) is 15.0 Å². The van der Waals surface area contributed by atoms with Crippen LogP contribution in [0.4, 0.5) is 0 Å². The molecule has 5 heteroatoms. The average molecular weight is 287 g/mol. The number of hydrogen-bond donors (Lipinski definition) is 1. The average Bonchev–Trinajstić information content (AvgIpc) is 2.97. The van der Waals surface area contributed by atoms with Crippen molar-refractivity contribution < 1.29 is 9.26 Å². The minimum absolute atomic E-state index is 0.331. The molecule has 5 nitrogen and oxygen atoms in total. The fraction of sp³-hybridized carbons (Fsp3) is 0.500. The number of nitrogens with zero attached hydrogens (tertiary/aromatic N) is 2. The van der Waals surface area contributed by atoms with Crippen molar-refractivity contribution in [2.45, 2.75) is 44.1 Å². The lowest BCUT2D eigenvalue weighted by atomic mass is 9.86. The Morgan fingerprint density at radius 2 is 2.00 bits per heavy atom. The first-order valence-corrected chi connectivity index (χ1v) is 7.46. The molecule has 1 saturated carbocycles. The lowest BCUT2D eigenvalue weighted by Crippen LogP contribution is -2.25. The third-order valence-electron chi connectivity index (χ3n) is 4.15. The van der Waals surface area contributed by atoms with Crippen molar-refractivity contribution in [3.05, 3.63) is 41.5 Å². The molecule has 2 N–H and O–H groups in total. The Kier molecular flexibility index (Phi) is 4.20. The van der Waals surface area contributed by atoms with Crippen LogP contribution in [-0.2, 0) is 6.42 Å². The molecule has 0 aliphatic heterocycles. The summed E-state index contributed by atoms with van der Waals surface area (Å²) in [6, 6.07) is 8.24. The van der Waals surface area contributed by atoms with Gasteiger partial charge in [0.25, 0.3) is 0 Å². The summed E-state index contributed by atoms with van der Waals surface area (Å²) >= 11 is 0. The Labute approximate surface area is 124 Å². The van der Waals surface area contributed by atoms with Gasteiger partial charge in [-0.2, -0.15) is 4.98 Å². The van der Waals surface area contributed by atoms with Gasteiger partial charge >= 0.3 is 0 Å². The minimum atomic E-state index is 0.331. The van der Waals surface area contributed by atoms with Crippen molar-refractivity contribution in [2.75, 3.05) is 7.11 Å². The van der Waals surface area contributed by atoms with Gasteiger partial charge in [-0.1, -0.05) is 23.4 Å². The molecule has 1 fully saturated rings. The van der Waals surface area contributed by atoms with Gasteiger partial charge in [0.05, 0.1) is 7.11 Å². The largest absolute Gasteiger partial charge is 0.496 e. The minimum Gasteiger partial charge on any atom is -0.496 e. The van der Waals surface area contributed by atoms with E-state index in [0.29, 0.717) is 24.2 Å². The molecule has 21 heavy (non-hydrogen) atoms. The summed E-state index contributed by atoms with van der Waals surface area (Å²) < 4.78 is 10.8. The summed E-state index contributed by atoms with van der Waals surface area (Å²) in [5.41, 5.74) is 7.00. The van der Waals surface area contributed by atoms with Crippen LogP contribution in [0.2, 0.25) is 0 Å². The second-order valence-corrected chi connectivity index (χ2v) is 5.65. The number of methoxy groups -OCH3 is 1. The first-order valence-electron chi connectivity index (χ1n) is 7.46. The van der Waals surface area contributed by atoms with Crippen molar-refractivity contribution in [1.82, 2.24) is 10.1 Å². The highest BCUT2D eigenvalue weighted by atomic mass is 16.5. The topological polar surface area (TPSA) is 74.2 Å². The fourth-order valence-electron chi connectivity index (χ4n) is 2.89. The molecule has 0 unspecified atom stereocenters. The third-order valence-corrected chi connectivity index (χ3v) is 4.15. The van der Waals surface area contributed by atoms with Gasteiger partial charge in [0.1, 0.15) is 5.75 Å². The van der Waals surface area contributed by atoms with E-state index in [-0.39, 0.29) is 0 Å². The van der Waals surface area contributed by atoms with Crippen molar-refractivity contribution in [3.63, 3.8) is 0 Å². The predicted molar refractivity (Wildman–Crippen MR) is 79.3 cm³/mol. The summed E-state index contributed by atoms with van der Waals surface area (Å²) in [4.78, 5) is 4.56. The molecule has 0 spiro atoms. The maximum absolute atomic E-state index is 5.93. The van der Waals surface area contributed by atoms with Gasteiger partial charge in [-0.3, -0.25) is 0 Å². The number of nitrogens with two attached hydrogens (primary N) is 1. The van der Waals surface area contributed by atoms with Crippen molar-refractivity contribution in [3.8, 4) is 5.75 Å². The van der Waals surface area contributed by atoms with Gasteiger partial charge < -0.3 is 15.0 Å². The molecule has 0 amide bonds. The SMILES string of the molecule is COc1ccccc1Cc1noc(C2CCC(N)CC2)n1. The van der Waals surface area contributed by atoms with Crippen molar-refractivity contribution in [1.29, 1.82) is 0 Å². The summed E-state index contributed by atoms with van der Waals surface area (Å²) in [5, 5.41) is 4.11. The number of hydrogen-bond acceptors (Lipinski definition) is 5. The quantitative estimate of drug-likeness (QED) is 0.935. The molecule has 0 radical (unpaired) electrons. The normalized spacial score (nSPS) is 22.2. The molecule has 0 bridgehead atoms. The Bertz CT molecular complexity index is 589. The number of rotatable bonds is 4. The summed E-state index contributed by atoms with van der Waals surface area (Å²) in [7, 11) is 1.67. The fourth-order valence-corrected chi connectivity index (χ4v) is 2.89. The predicted octanol–water partition coefficient (Wildman–Crippen LogP) is 2.65. The highest BCUT2D eigenvalue weighted by Gasteiger charge is 2.24. The molecule has 112 valence electrons. The smallest absolute Gasteiger partial charge is 0.229 e. The van der Waals surface area contributed by atoms with Crippen LogP contribution in [0, 0.1) is 0 Å². The Hall–Kier alpha value is -1.88. The van der Waals surface area contributed by atoms with E-state index in [2.05, 4.69) is 10.1 Å². The van der Waals surface area contributed by atoms with Gasteiger partial charge in [0, 0.05) is 23.9 Å². The van der Waals surface area contributed by atoms with E-state index in [9.17, 15) is 0 Å². The van der Waals surface area contributed by atoms with E-state index in [1.54, 1.807) is 7.11 Å².